The number of esters is 1. The zero-order chi connectivity index (χ0) is 19.3. The first-order valence-corrected chi connectivity index (χ1v) is 9.13. The molecule has 2 aromatic carbocycles. The fourth-order valence-electron chi connectivity index (χ4n) is 4.25. The molecule has 0 saturated carbocycles. The number of carbonyl (C=O) groups excluding carboxylic acids is 1. The van der Waals surface area contributed by atoms with Crippen LogP contribution in [0.1, 0.15) is 23.3 Å². The highest BCUT2D eigenvalue weighted by Crippen LogP contribution is 2.52. The molecule has 0 N–H and O–H groups in total. The molecule has 5 rings (SSSR count). The minimum atomic E-state index is -0.378. The van der Waals surface area contributed by atoms with E-state index in [2.05, 4.69) is 0 Å². The summed E-state index contributed by atoms with van der Waals surface area (Å²) in [6, 6.07) is 11.2. The van der Waals surface area contributed by atoms with Gasteiger partial charge in [-0.1, -0.05) is 12.1 Å². The van der Waals surface area contributed by atoms with Gasteiger partial charge in [0, 0.05) is 5.92 Å². The Kier molecular flexibility index (Phi) is 4.05. The molecule has 3 aliphatic rings. The molecule has 0 bridgehead atoms. The third-order valence-corrected chi connectivity index (χ3v) is 5.62. The predicted molar refractivity (Wildman–Crippen MR) is 96.6 cm³/mol. The Bertz CT molecular complexity index is 925. The number of fused-ring (bicyclic) bond motifs is 2. The summed E-state index contributed by atoms with van der Waals surface area (Å²) in [5, 5.41) is 0. The maximum absolute atomic E-state index is 12.7. The van der Waals surface area contributed by atoms with E-state index in [0.29, 0.717) is 29.6 Å². The number of hydrogen-bond donors (Lipinski definition) is 0. The van der Waals surface area contributed by atoms with E-state index >= 15 is 0 Å². The van der Waals surface area contributed by atoms with Crippen LogP contribution >= 0.6 is 0 Å². The molecule has 2 fully saturated rings. The van der Waals surface area contributed by atoms with Crippen LogP contribution in [0.4, 0.5) is 0 Å². The molecule has 0 spiro atoms. The quantitative estimate of drug-likeness (QED) is 0.750. The van der Waals surface area contributed by atoms with E-state index < -0.39 is 0 Å². The van der Waals surface area contributed by atoms with Crippen molar-refractivity contribution < 1.29 is 33.2 Å². The normalized spacial score (nSPS) is 27.4. The van der Waals surface area contributed by atoms with Crippen molar-refractivity contribution in [2.75, 3.05) is 27.6 Å². The molecule has 0 radical (unpaired) electrons. The van der Waals surface area contributed by atoms with Crippen LogP contribution in [-0.2, 0) is 14.3 Å². The molecule has 28 heavy (non-hydrogen) atoms. The van der Waals surface area contributed by atoms with E-state index in [0.717, 1.165) is 11.1 Å². The van der Waals surface area contributed by atoms with E-state index in [1.165, 1.54) is 0 Å². The van der Waals surface area contributed by atoms with Crippen molar-refractivity contribution in [3.8, 4) is 23.0 Å². The summed E-state index contributed by atoms with van der Waals surface area (Å²) in [4.78, 5) is 12.7. The summed E-state index contributed by atoms with van der Waals surface area (Å²) >= 11 is 0. The van der Waals surface area contributed by atoms with Gasteiger partial charge in [-0.25, -0.2) is 0 Å². The lowest BCUT2D eigenvalue weighted by molar-refractivity contribution is -0.148. The van der Waals surface area contributed by atoms with Crippen LogP contribution in [0.5, 0.6) is 23.0 Å². The van der Waals surface area contributed by atoms with E-state index in [9.17, 15) is 4.79 Å². The molecule has 146 valence electrons. The molecule has 7 nitrogen and oxygen atoms in total. The molecule has 0 amide bonds. The lowest BCUT2D eigenvalue weighted by Gasteiger charge is -2.17. The minimum absolute atomic E-state index is 0.0639. The third-order valence-electron chi connectivity index (χ3n) is 5.62. The number of benzene rings is 2. The molecule has 7 heteroatoms. The summed E-state index contributed by atoms with van der Waals surface area (Å²) in [7, 11) is 3.17. The first-order chi connectivity index (χ1) is 13.7. The maximum Gasteiger partial charge on any atom is 0.313 e. The van der Waals surface area contributed by atoms with E-state index in [4.69, 9.17) is 28.4 Å². The minimum Gasteiger partial charge on any atom is -0.493 e. The van der Waals surface area contributed by atoms with Gasteiger partial charge in [-0.15, -0.1) is 0 Å². The van der Waals surface area contributed by atoms with E-state index in [1.54, 1.807) is 14.2 Å². The number of ether oxygens (including phenoxy) is 6. The van der Waals surface area contributed by atoms with Gasteiger partial charge < -0.3 is 28.4 Å². The zero-order valence-electron chi connectivity index (χ0n) is 15.5. The third kappa shape index (κ3) is 2.57. The predicted octanol–water partition coefficient (Wildman–Crippen LogP) is 3.03. The van der Waals surface area contributed by atoms with Crippen LogP contribution in [-0.4, -0.2) is 33.6 Å². The maximum atomic E-state index is 12.7. The summed E-state index contributed by atoms with van der Waals surface area (Å²) in [5.74, 6) is 1.94. The van der Waals surface area contributed by atoms with Gasteiger partial charge in [0.1, 0.15) is 6.10 Å². The number of hydrogen-bond acceptors (Lipinski definition) is 7. The van der Waals surface area contributed by atoms with Crippen molar-refractivity contribution >= 4 is 5.97 Å². The summed E-state index contributed by atoms with van der Waals surface area (Å²) in [6.45, 7) is 0.647. The summed E-state index contributed by atoms with van der Waals surface area (Å²) in [6.07, 6.45) is -0.742. The Hall–Kier alpha value is -2.93. The lowest BCUT2D eigenvalue weighted by Crippen LogP contribution is -2.18. The average Bonchev–Trinajstić information content (AvgIpc) is 3.43. The number of carbonyl (C=O) groups is 1. The van der Waals surface area contributed by atoms with Crippen molar-refractivity contribution in [1.82, 2.24) is 0 Å². The van der Waals surface area contributed by atoms with Crippen molar-refractivity contribution in [3.63, 3.8) is 0 Å². The van der Waals surface area contributed by atoms with Crippen molar-refractivity contribution in [2.24, 2.45) is 11.8 Å². The monoisotopic (exact) mass is 384 g/mol. The van der Waals surface area contributed by atoms with Gasteiger partial charge in [0.15, 0.2) is 23.0 Å². The van der Waals surface area contributed by atoms with E-state index in [1.807, 2.05) is 36.4 Å². The Morgan fingerprint density at radius 1 is 0.893 bits per heavy atom. The highest BCUT2D eigenvalue weighted by atomic mass is 16.7. The topological polar surface area (TPSA) is 72.5 Å². The second-order valence-corrected chi connectivity index (χ2v) is 7.03. The molecular formula is C21H20O7. The van der Waals surface area contributed by atoms with Crippen LogP contribution < -0.4 is 18.9 Å². The van der Waals surface area contributed by atoms with Gasteiger partial charge in [0.2, 0.25) is 6.79 Å². The first kappa shape index (κ1) is 17.2. The highest BCUT2D eigenvalue weighted by molar-refractivity contribution is 5.77. The van der Waals surface area contributed by atoms with Crippen molar-refractivity contribution in [2.45, 2.75) is 12.2 Å². The largest absolute Gasteiger partial charge is 0.493 e. The Morgan fingerprint density at radius 2 is 1.64 bits per heavy atom. The average molecular weight is 384 g/mol. The molecule has 2 aromatic rings. The Balaban J connectivity index is 1.43. The fraction of sp³-hybridized carbons (Fsp3) is 0.381. The molecule has 0 aromatic heterocycles. The van der Waals surface area contributed by atoms with Gasteiger partial charge in [0.25, 0.3) is 0 Å². The fourth-order valence-corrected chi connectivity index (χ4v) is 4.25. The molecule has 2 saturated heterocycles. The van der Waals surface area contributed by atoms with Gasteiger partial charge in [-0.2, -0.15) is 0 Å². The van der Waals surface area contributed by atoms with Crippen molar-refractivity contribution in [3.05, 3.63) is 47.5 Å². The summed E-state index contributed by atoms with van der Waals surface area (Å²) < 4.78 is 33.3. The zero-order valence-corrected chi connectivity index (χ0v) is 15.5. The van der Waals surface area contributed by atoms with Gasteiger partial charge in [0.05, 0.1) is 32.8 Å². The van der Waals surface area contributed by atoms with Crippen LogP contribution in [0.15, 0.2) is 36.4 Å². The standard InChI is InChI=1S/C21H20O7/c1-23-14-5-3-12(7-16(14)24-2)20-18-13(9-25-20)19(28-21(18)22)11-4-6-15-17(8-11)27-10-26-15/h3-8,13,18-20H,9-10H2,1-2H3/t13-,18-,19+,20-/m0/s1. The second-order valence-electron chi connectivity index (χ2n) is 7.03. The molecular weight excluding hydrogens is 364 g/mol. The summed E-state index contributed by atoms with van der Waals surface area (Å²) in [5.41, 5.74) is 1.76. The molecule has 0 aliphatic carbocycles. The molecule has 4 atom stereocenters. The van der Waals surface area contributed by atoms with Crippen LogP contribution in [0.25, 0.3) is 0 Å². The molecule has 0 unspecified atom stereocenters. The molecule has 3 aliphatic heterocycles. The number of cyclic esters (lactones) is 1. The van der Waals surface area contributed by atoms with Gasteiger partial charge in [-0.3, -0.25) is 4.79 Å². The van der Waals surface area contributed by atoms with Gasteiger partial charge >= 0.3 is 5.97 Å². The van der Waals surface area contributed by atoms with Crippen LogP contribution in [0, 0.1) is 11.8 Å². The number of methoxy groups -OCH3 is 2. The SMILES string of the molecule is COc1ccc([C@@H]2OC[C@H]3[C@@H]2C(=O)O[C@@H]3c2ccc3c(c2)OCO3)cc1OC. The second kappa shape index (κ2) is 6.60. The highest BCUT2D eigenvalue weighted by Gasteiger charge is 2.54. The Labute approximate surface area is 162 Å². The van der Waals surface area contributed by atoms with Crippen molar-refractivity contribution in [1.29, 1.82) is 0 Å². The lowest BCUT2D eigenvalue weighted by atomic mass is 9.84. The van der Waals surface area contributed by atoms with Crippen LogP contribution in [0.2, 0.25) is 0 Å². The smallest absolute Gasteiger partial charge is 0.313 e. The molecule has 3 heterocycles. The first-order valence-electron chi connectivity index (χ1n) is 9.13. The Morgan fingerprint density at radius 3 is 2.46 bits per heavy atom. The van der Waals surface area contributed by atoms with Crippen LogP contribution in [0.3, 0.4) is 0 Å². The van der Waals surface area contributed by atoms with Gasteiger partial charge in [-0.05, 0) is 35.4 Å². The number of rotatable bonds is 4. The van der Waals surface area contributed by atoms with E-state index in [-0.39, 0.29) is 36.8 Å².